The summed E-state index contributed by atoms with van der Waals surface area (Å²) in [5.41, 5.74) is -1.59. The van der Waals surface area contributed by atoms with Gasteiger partial charge >= 0.3 is 17.9 Å². The zero-order valence-electron chi connectivity index (χ0n) is 12.4. The van der Waals surface area contributed by atoms with Gasteiger partial charge in [-0.25, -0.2) is 23.2 Å². The monoisotopic (exact) mass is 329 g/mol. The highest BCUT2D eigenvalue weighted by molar-refractivity contribution is 5.99. The summed E-state index contributed by atoms with van der Waals surface area (Å²) in [5, 5.41) is 2.21. The van der Waals surface area contributed by atoms with E-state index in [1.165, 1.54) is 0 Å². The Morgan fingerprint density at radius 1 is 1.00 bits per heavy atom. The molecule has 0 aliphatic carbocycles. The first-order chi connectivity index (χ1) is 10.8. The van der Waals surface area contributed by atoms with Crippen molar-refractivity contribution < 1.29 is 37.4 Å². The number of ether oxygens (including phenoxy) is 3. The molecule has 0 radical (unpaired) electrons. The first-order valence-electron chi connectivity index (χ1n) is 6.07. The lowest BCUT2D eigenvalue weighted by Gasteiger charge is -2.11. The maximum absolute atomic E-state index is 14.0. The molecule has 1 rings (SSSR count). The van der Waals surface area contributed by atoms with Crippen LogP contribution in [0.2, 0.25) is 0 Å². The van der Waals surface area contributed by atoms with E-state index in [1.54, 1.807) is 0 Å². The Hall–Kier alpha value is -2.97. The topological polar surface area (TPSA) is 90.9 Å². The average Bonchev–Trinajstić information content (AvgIpc) is 2.56. The van der Waals surface area contributed by atoms with Gasteiger partial charge in [-0.15, -0.1) is 0 Å². The molecule has 1 aromatic rings. The van der Waals surface area contributed by atoms with Gasteiger partial charge in [0.2, 0.25) is 0 Å². The normalized spacial score (nSPS) is 10.7. The molecule has 0 heterocycles. The van der Waals surface area contributed by atoms with Crippen LogP contribution < -0.4 is 5.32 Å². The van der Waals surface area contributed by atoms with Crippen molar-refractivity contribution >= 4 is 23.6 Å². The van der Waals surface area contributed by atoms with Crippen LogP contribution in [0.4, 0.5) is 14.5 Å². The van der Waals surface area contributed by atoms with Crippen LogP contribution in [0.25, 0.3) is 0 Å². The molecule has 0 saturated heterocycles. The van der Waals surface area contributed by atoms with Crippen molar-refractivity contribution in [3.8, 4) is 0 Å². The van der Waals surface area contributed by atoms with Crippen LogP contribution in [0.5, 0.6) is 0 Å². The molecule has 0 fully saturated rings. The molecule has 7 nitrogen and oxygen atoms in total. The number of rotatable bonds is 5. The zero-order valence-corrected chi connectivity index (χ0v) is 12.4. The van der Waals surface area contributed by atoms with Gasteiger partial charge in [-0.05, 0) is 12.1 Å². The minimum Gasteiger partial charge on any atom is -0.466 e. The van der Waals surface area contributed by atoms with E-state index in [2.05, 4.69) is 19.5 Å². The second-order valence-corrected chi connectivity index (χ2v) is 3.98. The maximum atomic E-state index is 14.0. The molecule has 0 bridgehead atoms. The summed E-state index contributed by atoms with van der Waals surface area (Å²) in [6.07, 6.45) is 0.706. The Bertz CT molecular complexity index is 671. The molecule has 0 amide bonds. The van der Waals surface area contributed by atoms with Gasteiger partial charge in [0.05, 0.1) is 38.7 Å². The Balaban J connectivity index is 3.22. The molecular formula is C14H13F2NO6. The average molecular weight is 329 g/mol. The molecule has 0 unspecified atom stereocenters. The molecule has 124 valence electrons. The number of esters is 3. The fourth-order valence-electron chi connectivity index (χ4n) is 1.49. The third-order valence-corrected chi connectivity index (χ3v) is 2.63. The van der Waals surface area contributed by atoms with Crippen LogP contribution in [0.3, 0.4) is 0 Å². The highest BCUT2D eigenvalue weighted by atomic mass is 19.2. The molecular weight excluding hydrogens is 316 g/mol. The lowest BCUT2D eigenvalue weighted by Crippen LogP contribution is -2.17. The van der Waals surface area contributed by atoms with E-state index in [4.69, 9.17) is 0 Å². The predicted octanol–water partition coefficient (Wildman–Crippen LogP) is 1.39. The van der Waals surface area contributed by atoms with Crippen LogP contribution in [-0.2, 0) is 23.8 Å². The molecule has 0 aliphatic heterocycles. The van der Waals surface area contributed by atoms with Crippen LogP contribution >= 0.6 is 0 Å². The van der Waals surface area contributed by atoms with Gasteiger partial charge in [-0.1, -0.05) is 0 Å². The van der Waals surface area contributed by atoms with E-state index in [0.29, 0.717) is 6.08 Å². The van der Waals surface area contributed by atoms with Crippen LogP contribution in [0, 0.1) is 11.6 Å². The molecule has 1 N–H and O–H groups in total. The summed E-state index contributed by atoms with van der Waals surface area (Å²) >= 11 is 0. The fraction of sp³-hybridized carbons (Fsp3) is 0.214. The van der Waals surface area contributed by atoms with Crippen molar-refractivity contribution in [2.24, 2.45) is 0 Å². The zero-order chi connectivity index (χ0) is 17.6. The lowest BCUT2D eigenvalue weighted by atomic mass is 10.1. The highest BCUT2D eigenvalue weighted by Crippen LogP contribution is 2.22. The molecule has 0 aromatic heterocycles. The van der Waals surface area contributed by atoms with Crippen LogP contribution in [0.15, 0.2) is 23.9 Å². The number of methoxy groups -OCH3 is 3. The predicted molar refractivity (Wildman–Crippen MR) is 73.4 cm³/mol. The van der Waals surface area contributed by atoms with E-state index >= 15 is 0 Å². The summed E-state index contributed by atoms with van der Waals surface area (Å²) in [6.45, 7) is 0. The van der Waals surface area contributed by atoms with Crippen LogP contribution in [0.1, 0.15) is 10.4 Å². The van der Waals surface area contributed by atoms with Gasteiger partial charge in [-0.2, -0.15) is 0 Å². The largest absolute Gasteiger partial charge is 0.466 e. The van der Waals surface area contributed by atoms with E-state index in [9.17, 15) is 23.2 Å². The summed E-state index contributed by atoms with van der Waals surface area (Å²) in [5.74, 6) is -5.89. The van der Waals surface area contributed by atoms with Crippen molar-refractivity contribution in [1.29, 1.82) is 0 Å². The summed E-state index contributed by atoms with van der Waals surface area (Å²) in [7, 11) is 3.12. The Morgan fingerprint density at radius 2 is 1.65 bits per heavy atom. The minimum absolute atomic E-state index is 0.483. The maximum Gasteiger partial charge on any atom is 0.354 e. The number of hydrogen-bond donors (Lipinski definition) is 1. The second-order valence-electron chi connectivity index (χ2n) is 3.98. The third kappa shape index (κ3) is 4.25. The molecule has 23 heavy (non-hydrogen) atoms. The number of halogens is 2. The number of hydrogen-bond acceptors (Lipinski definition) is 7. The highest BCUT2D eigenvalue weighted by Gasteiger charge is 2.21. The quantitative estimate of drug-likeness (QED) is 0.496. The number of carbonyl (C=O) groups excluding carboxylic acids is 3. The van der Waals surface area contributed by atoms with Gasteiger partial charge < -0.3 is 19.5 Å². The van der Waals surface area contributed by atoms with Crippen molar-refractivity contribution in [1.82, 2.24) is 0 Å². The van der Waals surface area contributed by atoms with Gasteiger partial charge in [0.15, 0.2) is 11.6 Å². The van der Waals surface area contributed by atoms with E-state index < -0.39 is 46.5 Å². The third-order valence-electron chi connectivity index (χ3n) is 2.63. The van der Waals surface area contributed by atoms with Crippen molar-refractivity contribution in [3.05, 3.63) is 41.1 Å². The standard InChI is InChI=1S/C14H13F2NO6/c1-21-10(18)6-9(14(20)23-3)17-8-5-4-7(13(19)22-2)11(15)12(8)16/h4-6,17H,1-3H3/b9-6+. The SMILES string of the molecule is COC(=O)/C=C(/Nc1ccc(C(=O)OC)c(F)c1F)C(=O)OC. The van der Waals surface area contributed by atoms with Gasteiger partial charge in [-0.3, -0.25) is 0 Å². The van der Waals surface area contributed by atoms with E-state index in [-0.39, 0.29) is 0 Å². The fourth-order valence-corrected chi connectivity index (χ4v) is 1.49. The first kappa shape index (κ1) is 18.1. The summed E-state index contributed by atoms with van der Waals surface area (Å²) in [6, 6.07) is 1.96. The molecule has 0 aliphatic rings. The Labute approximate surface area is 129 Å². The molecule has 9 heteroatoms. The van der Waals surface area contributed by atoms with Crippen molar-refractivity contribution in [2.45, 2.75) is 0 Å². The van der Waals surface area contributed by atoms with Crippen LogP contribution in [-0.4, -0.2) is 39.2 Å². The van der Waals surface area contributed by atoms with Gasteiger partial charge in [0, 0.05) is 0 Å². The number of carbonyl (C=O) groups is 3. The molecule has 0 saturated carbocycles. The summed E-state index contributed by atoms with van der Waals surface area (Å²) < 4.78 is 40.8. The molecule has 1 aromatic carbocycles. The second kappa shape index (κ2) is 7.87. The lowest BCUT2D eigenvalue weighted by molar-refractivity contribution is -0.138. The van der Waals surface area contributed by atoms with Crippen molar-refractivity contribution in [3.63, 3.8) is 0 Å². The summed E-state index contributed by atoms with van der Waals surface area (Å²) in [4.78, 5) is 34.0. The molecule has 0 spiro atoms. The molecule has 0 atom stereocenters. The Kier molecular flexibility index (Phi) is 6.19. The van der Waals surface area contributed by atoms with E-state index in [1.807, 2.05) is 0 Å². The minimum atomic E-state index is -1.47. The van der Waals surface area contributed by atoms with Gasteiger partial charge in [0.1, 0.15) is 5.70 Å². The van der Waals surface area contributed by atoms with Crippen molar-refractivity contribution in [2.75, 3.05) is 26.6 Å². The number of benzene rings is 1. The number of anilines is 1. The number of nitrogens with one attached hydrogen (secondary N) is 1. The smallest absolute Gasteiger partial charge is 0.354 e. The van der Waals surface area contributed by atoms with E-state index in [0.717, 1.165) is 33.5 Å². The Morgan fingerprint density at radius 3 is 2.17 bits per heavy atom. The first-order valence-corrected chi connectivity index (χ1v) is 6.07. The van der Waals surface area contributed by atoms with Gasteiger partial charge in [0.25, 0.3) is 0 Å².